The van der Waals surface area contributed by atoms with Gasteiger partial charge in [-0.3, -0.25) is 0 Å². The van der Waals surface area contributed by atoms with Crippen LogP contribution in [0.15, 0.2) is 0 Å². The predicted octanol–water partition coefficient (Wildman–Crippen LogP) is 3.22. The first-order chi connectivity index (χ1) is 7.72. The van der Waals surface area contributed by atoms with Gasteiger partial charge in [0, 0.05) is 6.61 Å². The van der Waals surface area contributed by atoms with Crippen molar-refractivity contribution in [2.75, 3.05) is 19.7 Å². The molecule has 0 aromatic rings. The fourth-order valence-corrected chi connectivity index (χ4v) is 2.76. The number of ether oxygens (including phenoxy) is 1. The molecule has 0 bridgehead atoms. The molecule has 1 aliphatic rings. The van der Waals surface area contributed by atoms with Crippen LogP contribution < -0.4 is 5.32 Å². The molecule has 0 heterocycles. The molecule has 1 rings (SSSR count). The summed E-state index contributed by atoms with van der Waals surface area (Å²) in [7, 11) is 0. The Morgan fingerprint density at radius 3 is 2.38 bits per heavy atom. The van der Waals surface area contributed by atoms with E-state index < -0.39 is 0 Å². The highest BCUT2D eigenvalue weighted by atomic mass is 16.5. The van der Waals surface area contributed by atoms with Gasteiger partial charge in [-0.1, -0.05) is 20.8 Å². The maximum absolute atomic E-state index is 5.96. The van der Waals surface area contributed by atoms with E-state index in [0.29, 0.717) is 6.10 Å². The quantitative estimate of drug-likeness (QED) is 0.674. The Hall–Kier alpha value is -0.0800. The van der Waals surface area contributed by atoms with Crippen LogP contribution in [0.4, 0.5) is 0 Å². The summed E-state index contributed by atoms with van der Waals surface area (Å²) in [6.45, 7) is 10.1. The molecule has 0 aromatic carbocycles. The highest BCUT2D eigenvalue weighted by Crippen LogP contribution is 2.30. The highest BCUT2D eigenvalue weighted by Gasteiger charge is 2.23. The number of hydrogen-bond acceptors (Lipinski definition) is 2. The summed E-state index contributed by atoms with van der Waals surface area (Å²) in [5.41, 5.74) is 0. The lowest BCUT2D eigenvalue weighted by Crippen LogP contribution is -2.27. The summed E-state index contributed by atoms with van der Waals surface area (Å²) in [6, 6.07) is 0. The Labute approximate surface area is 101 Å². The van der Waals surface area contributed by atoms with E-state index in [9.17, 15) is 0 Å². The summed E-state index contributed by atoms with van der Waals surface area (Å²) >= 11 is 0. The zero-order chi connectivity index (χ0) is 11.8. The van der Waals surface area contributed by atoms with Crippen LogP contribution in [0.3, 0.4) is 0 Å². The molecule has 1 N–H and O–H groups in total. The molecule has 1 fully saturated rings. The maximum Gasteiger partial charge on any atom is 0.0580 e. The van der Waals surface area contributed by atoms with Crippen LogP contribution in [0.25, 0.3) is 0 Å². The first kappa shape index (κ1) is 14.0. The maximum atomic E-state index is 5.96. The molecular formula is C14H29NO. The lowest BCUT2D eigenvalue weighted by Gasteiger charge is -2.31. The second-order valence-corrected chi connectivity index (χ2v) is 5.51. The van der Waals surface area contributed by atoms with Crippen molar-refractivity contribution in [2.24, 2.45) is 11.8 Å². The Kier molecular flexibility index (Phi) is 7.06. The van der Waals surface area contributed by atoms with Crippen molar-refractivity contribution in [2.45, 2.75) is 59.0 Å². The average Bonchev–Trinajstić information content (AvgIpc) is 2.22. The minimum absolute atomic E-state index is 0.532. The molecule has 2 heteroatoms. The molecule has 0 amide bonds. The smallest absolute Gasteiger partial charge is 0.0580 e. The van der Waals surface area contributed by atoms with E-state index in [1.807, 2.05) is 0 Å². The van der Waals surface area contributed by atoms with Crippen molar-refractivity contribution in [1.29, 1.82) is 0 Å². The molecule has 2 nitrogen and oxygen atoms in total. The Bertz CT molecular complexity index is 162. The van der Waals surface area contributed by atoms with Crippen molar-refractivity contribution in [3.63, 3.8) is 0 Å². The van der Waals surface area contributed by atoms with E-state index in [1.165, 1.54) is 25.7 Å². The molecule has 2 atom stereocenters. The molecule has 1 aliphatic carbocycles. The van der Waals surface area contributed by atoms with E-state index in [1.54, 1.807) is 0 Å². The molecule has 0 radical (unpaired) electrons. The third kappa shape index (κ3) is 5.86. The molecule has 1 saturated carbocycles. The van der Waals surface area contributed by atoms with Gasteiger partial charge in [0.25, 0.3) is 0 Å². The summed E-state index contributed by atoms with van der Waals surface area (Å²) in [4.78, 5) is 0. The van der Waals surface area contributed by atoms with Crippen LogP contribution in [0.1, 0.15) is 52.9 Å². The van der Waals surface area contributed by atoms with Crippen molar-refractivity contribution in [3.05, 3.63) is 0 Å². The average molecular weight is 227 g/mol. The van der Waals surface area contributed by atoms with Gasteiger partial charge in [0.1, 0.15) is 0 Å². The summed E-state index contributed by atoms with van der Waals surface area (Å²) in [6.07, 6.45) is 6.83. The monoisotopic (exact) mass is 227 g/mol. The van der Waals surface area contributed by atoms with E-state index >= 15 is 0 Å². The zero-order valence-corrected chi connectivity index (χ0v) is 11.3. The van der Waals surface area contributed by atoms with Gasteiger partial charge in [-0.2, -0.15) is 0 Å². The third-order valence-corrected chi connectivity index (χ3v) is 3.41. The minimum atomic E-state index is 0.532. The first-order valence-electron chi connectivity index (χ1n) is 7.04. The fraction of sp³-hybridized carbons (Fsp3) is 1.00. The SMILES string of the molecule is CCCNCCCOC1CC(C)CC(C)C1. The van der Waals surface area contributed by atoms with E-state index in [4.69, 9.17) is 4.74 Å². The van der Waals surface area contributed by atoms with Crippen molar-refractivity contribution < 1.29 is 4.74 Å². The van der Waals surface area contributed by atoms with Gasteiger partial charge in [-0.25, -0.2) is 0 Å². The molecule has 0 aromatic heterocycles. The van der Waals surface area contributed by atoms with Crippen LogP contribution in [-0.4, -0.2) is 25.8 Å². The molecule has 16 heavy (non-hydrogen) atoms. The highest BCUT2D eigenvalue weighted by molar-refractivity contribution is 4.75. The topological polar surface area (TPSA) is 21.3 Å². The van der Waals surface area contributed by atoms with Gasteiger partial charge in [-0.05, 0) is 57.0 Å². The van der Waals surface area contributed by atoms with Crippen molar-refractivity contribution >= 4 is 0 Å². The van der Waals surface area contributed by atoms with Gasteiger partial charge >= 0.3 is 0 Å². The normalized spacial score (nSPS) is 30.6. The van der Waals surface area contributed by atoms with Crippen molar-refractivity contribution in [3.8, 4) is 0 Å². The van der Waals surface area contributed by atoms with Crippen LogP contribution in [0.2, 0.25) is 0 Å². The fourth-order valence-electron chi connectivity index (χ4n) is 2.76. The molecule has 2 unspecified atom stereocenters. The second kappa shape index (κ2) is 8.08. The lowest BCUT2D eigenvalue weighted by atomic mass is 9.82. The minimum Gasteiger partial charge on any atom is -0.378 e. The number of hydrogen-bond donors (Lipinski definition) is 1. The van der Waals surface area contributed by atoms with Gasteiger partial charge in [0.05, 0.1) is 6.10 Å². The zero-order valence-electron chi connectivity index (χ0n) is 11.3. The van der Waals surface area contributed by atoms with Gasteiger partial charge in [0.15, 0.2) is 0 Å². The molecule has 0 spiro atoms. The standard InChI is InChI=1S/C14H29NO/c1-4-6-15-7-5-8-16-14-10-12(2)9-13(3)11-14/h12-15H,4-11H2,1-3H3. The first-order valence-corrected chi connectivity index (χ1v) is 7.04. The van der Waals surface area contributed by atoms with Crippen LogP contribution in [0.5, 0.6) is 0 Å². The third-order valence-electron chi connectivity index (χ3n) is 3.41. The summed E-state index contributed by atoms with van der Waals surface area (Å²) in [5.74, 6) is 1.71. The van der Waals surface area contributed by atoms with E-state index in [0.717, 1.165) is 38.0 Å². The summed E-state index contributed by atoms with van der Waals surface area (Å²) in [5, 5.41) is 3.41. The molecule has 0 saturated heterocycles. The van der Waals surface area contributed by atoms with Crippen LogP contribution >= 0.6 is 0 Å². The van der Waals surface area contributed by atoms with Crippen molar-refractivity contribution in [1.82, 2.24) is 5.32 Å². The van der Waals surface area contributed by atoms with Gasteiger partial charge in [-0.15, -0.1) is 0 Å². The largest absolute Gasteiger partial charge is 0.378 e. The van der Waals surface area contributed by atoms with Crippen LogP contribution in [-0.2, 0) is 4.74 Å². The molecule has 0 aliphatic heterocycles. The van der Waals surface area contributed by atoms with E-state index in [2.05, 4.69) is 26.1 Å². The molecule has 96 valence electrons. The lowest BCUT2D eigenvalue weighted by molar-refractivity contribution is 0.000219. The number of rotatable bonds is 7. The van der Waals surface area contributed by atoms with Crippen LogP contribution in [0, 0.1) is 11.8 Å². The van der Waals surface area contributed by atoms with E-state index in [-0.39, 0.29) is 0 Å². The Balaban J connectivity index is 1.99. The predicted molar refractivity (Wildman–Crippen MR) is 69.7 cm³/mol. The molecular weight excluding hydrogens is 198 g/mol. The summed E-state index contributed by atoms with van der Waals surface area (Å²) < 4.78 is 5.96. The second-order valence-electron chi connectivity index (χ2n) is 5.51. The van der Waals surface area contributed by atoms with Gasteiger partial charge in [0.2, 0.25) is 0 Å². The Morgan fingerprint density at radius 1 is 1.06 bits per heavy atom. The van der Waals surface area contributed by atoms with Gasteiger partial charge < -0.3 is 10.1 Å². The Morgan fingerprint density at radius 2 is 1.75 bits per heavy atom. The number of nitrogens with one attached hydrogen (secondary N) is 1.